The van der Waals surface area contributed by atoms with Crippen LogP contribution in [0.15, 0.2) is 0 Å². The van der Waals surface area contributed by atoms with Crippen molar-refractivity contribution in [1.29, 1.82) is 0 Å². The SMILES string of the molecule is [2H]C([2H])([2H])C([2H])([2H])C([2H])([2H])C([2H])([2H])C([2H])([2H])C([2H])([2H])C([2H])([2H])C([2H])([2H])C([2H])([2H])C([2H])([2H])C([2H])([2H])C([2H])([2H])C([2H])([2H])C(=O)OC[C@H](COP(=O)([O-])OC[C@@H](O)CO)OC(=O)C([2H])([2H])C([2H])([2H])C([2H])([2H])C([2H])([2H])C([2H])([2H])C([2H])([2H])C([2H])([2H])C([2H])([2H])C([2H])([2H])C([2H])([2H])C([2H])([2H])C([2H])([2H])C([2H])([2H])[2H].[Na+]. The van der Waals surface area contributed by atoms with Crippen LogP contribution >= 0.6 is 7.82 Å². The van der Waals surface area contributed by atoms with Crippen LogP contribution in [0.25, 0.3) is 0 Å². The van der Waals surface area contributed by atoms with Gasteiger partial charge in [0.2, 0.25) is 0 Å². The van der Waals surface area contributed by atoms with Gasteiger partial charge in [-0.05, 0) is 12.7 Å². The molecule has 0 aliphatic carbocycles. The third kappa shape index (κ3) is 33.9. The van der Waals surface area contributed by atoms with E-state index in [1.165, 1.54) is 0 Å². The molecule has 0 radical (unpaired) electrons. The molecule has 0 spiro atoms. The number of phosphoric acid groups is 1. The second-order valence-corrected chi connectivity index (χ2v) is 7.91. The number of rotatable bonds is 34. The summed E-state index contributed by atoms with van der Waals surface area (Å²) in [5.74, 6) is -6.19. The Bertz CT molecular complexity index is 2930. The third-order valence-corrected chi connectivity index (χ3v) is 4.24. The van der Waals surface area contributed by atoms with Crippen molar-refractivity contribution in [2.45, 2.75) is 179 Å². The average Bonchev–Trinajstić information content (AvgIpc) is 0.686. The molecule has 10 nitrogen and oxygen atoms in total. The standard InChI is InChI=1S/C34H67O10P.Na/c1-3-5-7-9-11-13-15-17-19-21-23-25-33(37)41-29-32(30-43-45(39,40)42-28-31(36)27-35)44-34(38)26-24-22-20-18-16-14-12-10-8-6-4-2;/h31-32,35-36H,3-30H2,1-2H3,(H,39,40);/q;+1/p-1/t31-,32+;/m0./s1/i1D3,2D3,3D2,4D2,5D2,6D2,7D2,8D2,9D2,10D2,11D2,12D2,13D2,14D2,15D2,16D2,17D2,18D2,19D2,20D2,21D2,22D2,23D2,24D2,25D2,26D2;. The number of hydrogen-bond acceptors (Lipinski definition) is 10. The van der Waals surface area contributed by atoms with Gasteiger partial charge in [-0.1, -0.05) is 141 Å². The molecule has 0 fully saturated rings. The summed E-state index contributed by atoms with van der Waals surface area (Å²) in [5, 5.41) is 18.6. The molecule has 46 heavy (non-hydrogen) atoms. The number of carbonyl (C=O) groups excluding carboxylic acids is 2. The van der Waals surface area contributed by atoms with Gasteiger partial charge in [0.15, 0.2) is 6.10 Å². The Balaban J connectivity index is 0. The van der Waals surface area contributed by atoms with Crippen molar-refractivity contribution in [2.24, 2.45) is 0 Å². The molecule has 0 bridgehead atoms. The predicted octanol–water partition coefficient (Wildman–Crippen LogP) is 4.70. The summed E-state index contributed by atoms with van der Waals surface area (Å²) in [7, 11) is -6.12. The summed E-state index contributed by atoms with van der Waals surface area (Å²) in [4.78, 5) is 40.0. The molecule has 0 amide bonds. The maximum Gasteiger partial charge on any atom is 1.00 e. The predicted molar refractivity (Wildman–Crippen MR) is 176 cm³/mol. The quantitative estimate of drug-likeness (QED) is 0.0540. The molecule has 0 aliphatic heterocycles. The van der Waals surface area contributed by atoms with E-state index in [1.807, 2.05) is 0 Å². The minimum atomic E-state index is -6.12. The van der Waals surface area contributed by atoms with E-state index >= 15 is 0 Å². The summed E-state index contributed by atoms with van der Waals surface area (Å²) in [6, 6.07) is 0. The van der Waals surface area contributed by atoms with Crippen molar-refractivity contribution >= 4 is 19.8 Å². The maximum absolute atomic E-state index is 13.8. The summed E-state index contributed by atoms with van der Waals surface area (Å²) < 4.78 is 469. The molecule has 0 aromatic rings. The van der Waals surface area contributed by atoms with Gasteiger partial charge in [-0.2, -0.15) is 0 Å². The zero-order chi connectivity index (χ0) is 81.5. The molecule has 0 saturated carbocycles. The first kappa shape index (κ1) is 9.69. The molecule has 0 aliphatic rings. The first-order valence-corrected chi connectivity index (χ1v) is 12.8. The van der Waals surface area contributed by atoms with Crippen LogP contribution in [0.2, 0.25) is 0 Å². The number of phosphoric ester groups is 1. The Morgan fingerprint density at radius 3 is 1.50 bits per heavy atom. The van der Waals surface area contributed by atoms with Crippen LogP contribution in [-0.4, -0.2) is 60.8 Å². The van der Waals surface area contributed by atoms with E-state index in [9.17, 15) is 24.2 Å². The summed E-state index contributed by atoms with van der Waals surface area (Å²) >= 11 is 0. The van der Waals surface area contributed by atoms with Gasteiger partial charge in [0.1, 0.15) is 12.7 Å². The molecule has 12 heteroatoms. The number of aliphatic hydroxyl groups is 2. The fourth-order valence-electron chi connectivity index (χ4n) is 1.67. The van der Waals surface area contributed by atoms with Crippen molar-refractivity contribution in [2.75, 3.05) is 26.4 Å². The first-order chi connectivity index (χ1) is 42.1. The van der Waals surface area contributed by atoms with Crippen molar-refractivity contribution in [3.63, 3.8) is 0 Å². The molecule has 0 heterocycles. The van der Waals surface area contributed by atoms with Crippen LogP contribution in [0, 0.1) is 0 Å². The van der Waals surface area contributed by atoms with Gasteiger partial charge in [0.25, 0.3) is 7.82 Å². The fourth-order valence-corrected chi connectivity index (χ4v) is 2.45. The van der Waals surface area contributed by atoms with Crippen molar-refractivity contribution in [3.05, 3.63) is 0 Å². The van der Waals surface area contributed by atoms with Crippen molar-refractivity contribution in [3.8, 4) is 0 Å². The van der Waals surface area contributed by atoms with Gasteiger partial charge in [-0.25, -0.2) is 0 Å². The number of carbonyl (C=O) groups is 2. The molecule has 0 rings (SSSR count). The minimum Gasteiger partial charge on any atom is -0.756 e. The van der Waals surface area contributed by atoms with Crippen LogP contribution < -0.4 is 34.5 Å². The molecule has 2 N–H and O–H groups in total. The molecule has 268 valence electrons. The summed E-state index contributed by atoms with van der Waals surface area (Å²) in [6.07, 6.45) is -130. The van der Waals surface area contributed by atoms with E-state index in [4.69, 9.17) is 79.1 Å². The topological polar surface area (TPSA) is 152 Å². The van der Waals surface area contributed by atoms with Crippen LogP contribution in [0.3, 0.4) is 0 Å². The number of aliphatic hydroxyl groups excluding tert-OH is 2. The zero-order valence-electron chi connectivity index (χ0n) is 77.6. The Hall–Kier alpha value is -0.0300. The van der Waals surface area contributed by atoms with E-state index in [0.29, 0.717) is 0 Å². The minimum absolute atomic E-state index is 0. The van der Waals surface area contributed by atoms with Gasteiger partial charge in [0, 0.05) is 86.8 Å². The summed E-state index contributed by atoms with van der Waals surface area (Å²) in [5.41, 5.74) is 0. The molecule has 0 aromatic carbocycles. The van der Waals surface area contributed by atoms with E-state index in [-0.39, 0.29) is 29.6 Å². The number of ether oxygens (including phenoxy) is 2. The van der Waals surface area contributed by atoms with Crippen molar-refractivity contribution in [1.82, 2.24) is 0 Å². The second-order valence-electron chi connectivity index (χ2n) is 6.50. The molecular weight excluding hydrogens is 622 g/mol. The average molecular weight is 743 g/mol. The zero-order valence-corrected chi connectivity index (χ0v) is 26.5. The van der Waals surface area contributed by atoms with E-state index < -0.39 is 225 Å². The fraction of sp³-hybridized carbons (Fsp3) is 0.941. The third-order valence-electron chi connectivity index (χ3n) is 3.31. The van der Waals surface area contributed by atoms with Crippen LogP contribution in [0.4, 0.5) is 0 Å². The van der Waals surface area contributed by atoms with Gasteiger partial charge >= 0.3 is 41.5 Å². The first-order valence-electron chi connectivity index (χ1n) is 38.4. The van der Waals surface area contributed by atoms with E-state index in [1.54, 1.807) is 0 Å². The molecule has 3 atom stereocenters. The summed E-state index contributed by atoms with van der Waals surface area (Å²) in [6.45, 7) is -15.7. The smallest absolute Gasteiger partial charge is 0.756 e. The Morgan fingerprint density at radius 1 is 0.674 bits per heavy atom. The van der Waals surface area contributed by atoms with Crippen molar-refractivity contribution < 1.29 is 151 Å². The van der Waals surface area contributed by atoms with Gasteiger partial charge in [-0.3, -0.25) is 14.2 Å². The normalized spacial score (nSPS) is 39.3. The van der Waals surface area contributed by atoms with Gasteiger partial charge in [-0.15, -0.1) is 0 Å². The molecular formula is C34H66NaO10P. The molecule has 0 saturated heterocycles. The van der Waals surface area contributed by atoms with E-state index in [2.05, 4.69) is 18.5 Å². The van der Waals surface area contributed by atoms with Crippen LogP contribution in [0.1, 0.15) is 241 Å². The number of hydrogen-bond donors (Lipinski definition) is 2. The number of esters is 2. The van der Waals surface area contributed by atoms with Crippen LogP contribution in [0.5, 0.6) is 0 Å². The second kappa shape index (κ2) is 34.8. The van der Waals surface area contributed by atoms with Gasteiger partial charge < -0.3 is 33.6 Å². The Labute approximate surface area is 378 Å². The van der Waals surface area contributed by atoms with E-state index in [0.717, 1.165) is 0 Å². The maximum atomic E-state index is 13.8. The Morgan fingerprint density at radius 2 is 1.07 bits per heavy atom. The molecule has 0 aromatic heterocycles. The largest absolute Gasteiger partial charge is 1.00 e. The Kier molecular flexibility index (Phi) is 7.33. The molecule has 1 unspecified atom stereocenters. The monoisotopic (exact) mass is 743 g/mol. The van der Waals surface area contributed by atoms with Gasteiger partial charge in [0.05, 0.1) is 19.8 Å². The van der Waals surface area contributed by atoms with Crippen LogP contribution in [-0.2, 0) is 32.7 Å².